The first-order chi connectivity index (χ1) is 19.8. The first kappa shape index (κ1) is 29.3. The van der Waals surface area contributed by atoms with Crippen LogP contribution in [-0.4, -0.2) is 47.9 Å². The maximum Gasteiger partial charge on any atom is 0.238 e. The standard InChI is InChI=1S/C33H35Cl4N3O/c34-24-6-8-31(37)30(19-24)22-5-7-29-23(15-22)11-14-40(20-32(41)38-27-17-25(35)16-26(36)18-27)33(29)21-9-12-39(13-10-21)28-3-1-2-4-28/h5-8,15-19,21,28,33H,1-4,9-14,20H2,(H,38,41). The first-order valence-electron chi connectivity index (χ1n) is 14.7. The molecule has 4 nitrogen and oxygen atoms in total. The molecular formula is C33H35Cl4N3O. The number of amides is 1. The number of nitrogens with one attached hydrogen (secondary N) is 1. The summed E-state index contributed by atoms with van der Waals surface area (Å²) in [4.78, 5) is 18.4. The van der Waals surface area contributed by atoms with Crippen molar-refractivity contribution in [2.24, 2.45) is 5.92 Å². The maximum atomic E-state index is 13.3. The Morgan fingerprint density at radius 2 is 1.54 bits per heavy atom. The largest absolute Gasteiger partial charge is 0.325 e. The Balaban J connectivity index is 1.26. The second-order valence-corrected chi connectivity index (χ2v) is 13.4. The van der Waals surface area contributed by atoms with Crippen molar-refractivity contribution in [2.45, 2.75) is 57.0 Å². The summed E-state index contributed by atoms with van der Waals surface area (Å²) in [6.07, 6.45) is 8.56. The van der Waals surface area contributed by atoms with Gasteiger partial charge in [0.2, 0.25) is 5.91 Å². The van der Waals surface area contributed by atoms with Crippen molar-refractivity contribution in [3.63, 3.8) is 0 Å². The van der Waals surface area contributed by atoms with Gasteiger partial charge in [-0.25, -0.2) is 0 Å². The third-order valence-electron chi connectivity index (χ3n) is 9.12. The van der Waals surface area contributed by atoms with Crippen LogP contribution in [0.3, 0.4) is 0 Å². The highest BCUT2D eigenvalue weighted by Gasteiger charge is 2.37. The van der Waals surface area contributed by atoms with E-state index in [2.05, 4.69) is 33.3 Å². The van der Waals surface area contributed by atoms with E-state index in [9.17, 15) is 4.79 Å². The maximum absolute atomic E-state index is 13.3. The first-order valence-corrected chi connectivity index (χ1v) is 16.2. The number of rotatable bonds is 6. The van der Waals surface area contributed by atoms with E-state index in [-0.39, 0.29) is 11.9 Å². The fourth-order valence-corrected chi connectivity index (χ4v) is 8.13. The van der Waals surface area contributed by atoms with E-state index in [1.807, 2.05) is 18.2 Å². The molecule has 216 valence electrons. The van der Waals surface area contributed by atoms with Crippen LogP contribution in [0, 0.1) is 5.92 Å². The van der Waals surface area contributed by atoms with Gasteiger partial charge >= 0.3 is 0 Å². The van der Waals surface area contributed by atoms with Crippen LogP contribution in [0.5, 0.6) is 0 Å². The summed E-state index contributed by atoms with van der Waals surface area (Å²) < 4.78 is 0. The lowest BCUT2D eigenvalue weighted by Gasteiger charge is -2.45. The number of likely N-dealkylation sites (tertiary alicyclic amines) is 1. The second kappa shape index (κ2) is 12.8. The van der Waals surface area contributed by atoms with Crippen LogP contribution in [0.2, 0.25) is 20.1 Å². The van der Waals surface area contributed by atoms with Crippen molar-refractivity contribution in [1.82, 2.24) is 9.80 Å². The summed E-state index contributed by atoms with van der Waals surface area (Å²) in [5, 5.41) is 5.39. The second-order valence-electron chi connectivity index (χ2n) is 11.7. The summed E-state index contributed by atoms with van der Waals surface area (Å²) in [5.74, 6) is 0.434. The predicted octanol–water partition coefficient (Wildman–Crippen LogP) is 9.16. The number of hydrogen-bond acceptors (Lipinski definition) is 3. The average Bonchev–Trinajstić information content (AvgIpc) is 3.49. The van der Waals surface area contributed by atoms with Gasteiger partial charge in [-0.1, -0.05) is 77.4 Å². The van der Waals surface area contributed by atoms with Gasteiger partial charge < -0.3 is 10.2 Å². The van der Waals surface area contributed by atoms with Crippen molar-refractivity contribution in [1.29, 1.82) is 0 Å². The van der Waals surface area contributed by atoms with Gasteiger partial charge in [-0.3, -0.25) is 9.69 Å². The Morgan fingerprint density at radius 3 is 2.27 bits per heavy atom. The molecule has 0 bridgehead atoms. The molecule has 3 aromatic rings. The van der Waals surface area contributed by atoms with E-state index >= 15 is 0 Å². The molecule has 1 N–H and O–H groups in total. The topological polar surface area (TPSA) is 35.6 Å². The number of carbonyl (C=O) groups excluding carboxylic acids is 1. The summed E-state index contributed by atoms with van der Waals surface area (Å²) in [6, 6.07) is 18.4. The summed E-state index contributed by atoms with van der Waals surface area (Å²) in [5.41, 5.74) is 5.31. The van der Waals surface area contributed by atoms with Crippen molar-refractivity contribution < 1.29 is 4.79 Å². The zero-order valence-corrected chi connectivity index (χ0v) is 26.0. The Bertz CT molecular complexity index is 1400. The van der Waals surface area contributed by atoms with Gasteiger partial charge in [0.25, 0.3) is 0 Å². The number of carbonyl (C=O) groups is 1. The van der Waals surface area contributed by atoms with E-state index in [4.69, 9.17) is 46.4 Å². The van der Waals surface area contributed by atoms with E-state index in [1.165, 1.54) is 36.8 Å². The third-order valence-corrected chi connectivity index (χ3v) is 10.1. The Kier molecular flexibility index (Phi) is 9.17. The quantitative estimate of drug-likeness (QED) is 0.295. The molecule has 1 aliphatic carbocycles. The van der Waals surface area contributed by atoms with Crippen LogP contribution in [0.4, 0.5) is 5.69 Å². The molecule has 0 spiro atoms. The summed E-state index contributed by atoms with van der Waals surface area (Å²) in [7, 11) is 0. The molecule has 1 amide bonds. The number of benzene rings is 3. The van der Waals surface area contributed by atoms with Crippen molar-refractivity contribution >= 4 is 58.0 Å². The third kappa shape index (κ3) is 6.74. The summed E-state index contributed by atoms with van der Waals surface area (Å²) in [6.45, 7) is 3.41. The Hall–Kier alpha value is -1.79. The molecule has 2 heterocycles. The van der Waals surface area contributed by atoms with Crippen LogP contribution >= 0.6 is 46.4 Å². The minimum Gasteiger partial charge on any atom is -0.325 e. The van der Waals surface area contributed by atoms with Gasteiger partial charge in [0.05, 0.1) is 6.54 Å². The van der Waals surface area contributed by atoms with Crippen LogP contribution in [0.25, 0.3) is 11.1 Å². The fraction of sp³-hybridized carbons (Fsp3) is 0.424. The zero-order chi connectivity index (χ0) is 28.5. The molecule has 2 fully saturated rings. The Morgan fingerprint density at radius 1 is 0.805 bits per heavy atom. The van der Waals surface area contributed by atoms with Gasteiger partial charge in [0.15, 0.2) is 0 Å². The van der Waals surface area contributed by atoms with Gasteiger partial charge in [-0.2, -0.15) is 0 Å². The van der Waals surface area contributed by atoms with Crippen LogP contribution in [0.15, 0.2) is 54.6 Å². The number of hydrogen-bond donors (Lipinski definition) is 1. The fourth-order valence-electron chi connectivity index (χ4n) is 7.21. The number of anilines is 1. The number of halogens is 4. The highest BCUT2D eigenvalue weighted by Crippen LogP contribution is 2.43. The van der Waals surface area contributed by atoms with Gasteiger partial charge in [-0.15, -0.1) is 0 Å². The van der Waals surface area contributed by atoms with Crippen molar-refractivity contribution in [3.8, 4) is 11.1 Å². The smallest absolute Gasteiger partial charge is 0.238 e. The minimum absolute atomic E-state index is 0.0532. The minimum atomic E-state index is -0.0532. The normalized spacial score (nSPS) is 20.7. The highest BCUT2D eigenvalue weighted by atomic mass is 35.5. The Labute approximate surface area is 262 Å². The molecule has 0 aromatic heterocycles. The SMILES string of the molecule is O=C(CN1CCc2cc(-c3cc(Cl)ccc3Cl)ccc2C1C1CCN(C2CCCC2)CC1)Nc1cc(Cl)cc(Cl)c1. The lowest BCUT2D eigenvalue weighted by molar-refractivity contribution is -0.118. The molecule has 1 saturated carbocycles. The van der Waals surface area contributed by atoms with Crippen molar-refractivity contribution in [3.05, 3.63) is 85.8 Å². The van der Waals surface area contributed by atoms with Crippen molar-refractivity contribution in [2.75, 3.05) is 31.5 Å². The number of nitrogens with zero attached hydrogens (tertiary/aromatic N) is 2. The number of fused-ring (bicyclic) bond motifs is 1. The van der Waals surface area contributed by atoms with E-state index in [0.29, 0.717) is 38.2 Å². The molecule has 0 radical (unpaired) electrons. The molecular weight excluding hydrogens is 596 g/mol. The monoisotopic (exact) mass is 629 g/mol. The molecule has 8 heteroatoms. The molecule has 1 saturated heterocycles. The molecule has 2 aliphatic heterocycles. The van der Waals surface area contributed by atoms with Crippen LogP contribution in [-0.2, 0) is 11.2 Å². The number of piperidine rings is 1. The highest BCUT2D eigenvalue weighted by molar-refractivity contribution is 6.35. The average molecular weight is 631 g/mol. The lowest BCUT2D eigenvalue weighted by Crippen LogP contribution is -2.47. The van der Waals surface area contributed by atoms with Gasteiger partial charge in [0, 0.05) is 50.0 Å². The molecule has 6 rings (SSSR count). The summed E-state index contributed by atoms with van der Waals surface area (Å²) >= 11 is 25.2. The van der Waals surface area contributed by atoms with Crippen LogP contribution in [0.1, 0.15) is 55.7 Å². The van der Waals surface area contributed by atoms with E-state index in [1.54, 1.807) is 18.2 Å². The molecule has 1 atom stereocenters. The zero-order valence-electron chi connectivity index (χ0n) is 23.0. The van der Waals surface area contributed by atoms with Gasteiger partial charge in [-0.05, 0) is 104 Å². The van der Waals surface area contributed by atoms with E-state index < -0.39 is 0 Å². The van der Waals surface area contributed by atoms with E-state index in [0.717, 1.165) is 56.1 Å². The molecule has 3 aliphatic rings. The van der Waals surface area contributed by atoms with Gasteiger partial charge in [0.1, 0.15) is 0 Å². The predicted molar refractivity (Wildman–Crippen MR) is 172 cm³/mol. The molecule has 3 aromatic carbocycles. The molecule has 1 unspecified atom stereocenters. The molecule has 41 heavy (non-hydrogen) atoms. The lowest BCUT2D eigenvalue weighted by atomic mass is 9.79. The van der Waals surface area contributed by atoms with Crippen LogP contribution < -0.4 is 5.32 Å².